The van der Waals surface area contributed by atoms with Gasteiger partial charge in [0, 0.05) is 22.7 Å². The van der Waals surface area contributed by atoms with Crippen molar-refractivity contribution in [2.75, 3.05) is 12.3 Å². The Kier molecular flexibility index (Phi) is 6.30. The zero-order valence-corrected chi connectivity index (χ0v) is 15.7. The maximum Gasteiger partial charge on any atom is 0.226 e. The van der Waals surface area contributed by atoms with Crippen LogP contribution in [0.2, 0.25) is 0 Å². The highest BCUT2D eigenvalue weighted by atomic mass is 32.2. The average molecular weight is 373 g/mol. The SMILES string of the molecule is Cc1sc(-c2ccccc2)nc1CC(=O)NCCSCc1ccco1. The van der Waals surface area contributed by atoms with E-state index >= 15 is 0 Å². The lowest BCUT2D eigenvalue weighted by Gasteiger charge is -2.04. The molecule has 0 atom stereocenters. The minimum atomic E-state index is 0.0200. The number of carbonyl (C=O) groups is 1. The highest BCUT2D eigenvalue weighted by Crippen LogP contribution is 2.27. The highest BCUT2D eigenvalue weighted by Gasteiger charge is 2.12. The molecule has 6 heteroatoms. The van der Waals surface area contributed by atoms with Gasteiger partial charge in [0.15, 0.2) is 0 Å². The van der Waals surface area contributed by atoms with Crippen molar-refractivity contribution in [2.45, 2.75) is 19.1 Å². The molecule has 130 valence electrons. The van der Waals surface area contributed by atoms with Gasteiger partial charge < -0.3 is 9.73 Å². The van der Waals surface area contributed by atoms with Crippen LogP contribution in [0.5, 0.6) is 0 Å². The molecule has 2 heterocycles. The molecule has 25 heavy (non-hydrogen) atoms. The van der Waals surface area contributed by atoms with Crippen LogP contribution in [-0.2, 0) is 17.0 Å². The molecule has 0 fully saturated rings. The number of nitrogens with zero attached hydrogens (tertiary/aromatic N) is 1. The Morgan fingerprint density at radius 2 is 2.08 bits per heavy atom. The average Bonchev–Trinajstić information content (AvgIpc) is 3.26. The summed E-state index contributed by atoms with van der Waals surface area (Å²) in [5.41, 5.74) is 1.96. The van der Waals surface area contributed by atoms with Crippen LogP contribution >= 0.6 is 23.1 Å². The monoisotopic (exact) mass is 372 g/mol. The first kappa shape index (κ1) is 17.8. The molecule has 3 aromatic rings. The fraction of sp³-hybridized carbons (Fsp3) is 0.263. The van der Waals surface area contributed by atoms with Gasteiger partial charge in [0.1, 0.15) is 10.8 Å². The van der Waals surface area contributed by atoms with Gasteiger partial charge in [0.25, 0.3) is 0 Å². The molecular weight excluding hydrogens is 352 g/mol. The van der Waals surface area contributed by atoms with Crippen molar-refractivity contribution in [3.05, 3.63) is 65.1 Å². The fourth-order valence-corrected chi connectivity index (χ4v) is 4.03. The molecule has 0 aliphatic rings. The first-order chi connectivity index (χ1) is 12.2. The van der Waals surface area contributed by atoms with Crippen molar-refractivity contribution < 1.29 is 9.21 Å². The minimum absolute atomic E-state index is 0.0200. The van der Waals surface area contributed by atoms with Crippen LogP contribution in [0.4, 0.5) is 0 Å². The zero-order chi connectivity index (χ0) is 17.5. The van der Waals surface area contributed by atoms with E-state index in [4.69, 9.17) is 4.42 Å². The Morgan fingerprint density at radius 3 is 2.84 bits per heavy atom. The van der Waals surface area contributed by atoms with E-state index in [2.05, 4.69) is 10.3 Å². The summed E-state index contributed by atoms with van der Waals surface area (Å²) in [5.74, 6) is 2.67. The van der Waals surface area contributed by atoms with Gasteiger partial charge in [-0.2, -0.15) is 11.8 Å². The third-order valence-electron chi connectivity index (χ3n) is 3.63. The molecule has 1 amide bonds. The number of nitrogens with one attached hydrogen (secondary N) is 1. The van der Waals surface area contributed by atoms with Crippen LogP contribution in [0.25, 0.3) is 10.6 Å². The molecular formula is C19H20N2O2S2. The van der Waals surface area contributed by atoms with Crippen molar-refractivity contribution >= 4 is 29.0 Å². The number of rotatable bonds is 8. The molecule has 2 aromatic heterocycles. The lowest BCUT2D eigenvalue weighted by atomic mass is 10.2. The molecule has 0 aliphatic heterocycles. The summed E-state index contributed by atoms with van der Waals surface area (Å²) in [6.45, 7) is 2.67. The predicted octanol–water partition coefficient (Wildman–Crippen LogP) is 4.30. The van der Waals surface area contributed by atoms with Gasteiger partial charge in [-0.3, -0.25) is 4.79 Å². The Morgan fingerprint density at radius 1 is 1.24 bits per heavy atom. The number of thiazole rings is 1. The number of hydrogen-bond acceptors (Lipinski definition) is 5. The van der Waals surface area contributed by atoms with E-state index in [9.17, 15) is 4.79 Å². The number of carbonyl (C=O) groups excluding carboxylic acids is 1. The molecule has 4 nitrogen and oxygen atoms in total. The minimum Gasteiger partial charge on any atom is -0.468 e. The number of aromatic nitrogens is 1. The van der Waals surface area contributed by atoms with E-state index in [0.29, 0.717) is 13.0 Å². The lowest BCUT2D eigenvalue weighted by molar-refractivity contribution is -0.120. The summed E-state index contributed by atoms with van der Waals surface area (Å²) in [6.07, 6.45) is 2.01. The van der Waals surface area contributed by atoms with Gasteiger partial charge in [-0.15, -0.1) is 11.3 Å². The summed E-state index contributed by atoms with van der Waals surface area (Å²) in [7, 11) is 0. The smallest absolute Gasteiger partial charge is 0.226 e. The van der Waals surface area contributed by atoms with E-state index in [1.165, 1.54) is 0 Å². The van der Waals surface area contributed by atoms with Crippen LogP contribution in [0.1, 0.15) is 16.3 Å². The van der Waals surface area contributed by atoms with Crippen molar-refractivity contribution in [1.29, 1.82) is 0 Å². The predicted molar refractivity (Wildman–Crippen MR) is 104 cm³/mol. The van der Waals surface area contributed by atoms with Crippen molar-refractivity contribution in [3.8, 4) is 10.6 Å². The quantitative estimate of drug-likeness (QED) is 0.599. The van der Waals surface area contributed by atoms with Crippen LogP contribution in [0, 0.1) is 6.92 Å². The van der Waals surface area contributed by atoms with Gasteiger partial charge in [-0.1, -0.05) is 30.3 Å². The van der Waals surface area contributed by atoms with Crippen molar-refractivity contribution in [1.82, 2.24) is 10.3 Å². The van der Waals surface area contributed by atoms with Crippen molar-refractivity contribution in [2.24, 2.45) is 0 Å². The van der Waals surface area contributed by atoms with E-state index < -0.39 is 0 Å². The molecule has 0 unspecified atom stereocenters. The fourth-order valence-electron chi connectivity index (χ4n) is 2.34. The molecule has 3 rings (SSSR count). The second-order valence-corrected chi connectivity index (χ2v) is 7.85. The molecule has 0 radical (unpaired) electrons. The Labute approximate surface area is 155 Å². The van der Waals surface area contributed by atoms with Gasteiger partial charge >= 0.3 is 0 Å². The second kappa shape index (κ2) is 8.87. The van der Waals surface area contributed by atoms with Crippen LogP contribution in [0.3, 0.4) is 0 Å². The maximum atomic E-state index is 12.1. The van der Waals surface area contributed by atoms with Gasteiger partial charge in [-0.25, -0.2) is 4.98 Å². The molecule has 0 aliphatic carbocycles. The standard InChI is InChI=1S/C19H20N2O2S2/c1-14-17(21-19(25-14)15-6-3-2-4-7-15)12-18(22)20-9-11-24-13-16-8-5-10-23-16/h2-8,10H,9,11-13H2,1H3,(H,20,22). The lowest BCUT2D eigenvalue weighted by Crippen LogP contribution is -2.27. The summed E-state index contributed by atoms with van der Waals surface area (Å²) in [6, 6.07) is 13.9. The summed E-state index contributed by atoms with van der Waals surface area (Å²) in [4.78, 5) is 17.9. The summed E-state index contributed by atoms with van der Waals surface area (Å²) >= 11 is 3.38. The molecule has 0 saturated heterocycles. The highest BCUT2D eigenvalue weighted by molar-refractivity contribution is 7.98. The van der Waals surface area contributed by atoms with Crippen LogP contribution in [-0.4, -0.2) is 23.2 Å². The largest absolute Gasteiger partial charge is 0.468 e. The third kappa shape index (κ3) is 5.21. The molecule has 0 spiro atoms. The van der Waals surface area contributed by atoms with Crippen LogP contribution < -0.4 is 5.32 Å². The summed E-state index contributed by atoms with van der Waals surface area (Å²) in [5, 5.41) is 3.93. The van der Waals surface area contributed by atoms with Gasteiger partial charge in [0.05, 0.1) is 24.1 Å². The third-order valence-corrected chi connectivity index (χ3v) is 5.68. The van der Waals surface area contributed by atoms with E-state index in [-0.39, 0.29) is 5.91 Å². The first-order valence-electron chi connectivity index (χ1n) is 8.11. The van der Waals surface area contributed by atoms with Crippen molar-refractivity contribution in [3.63, 3.8) is 0 Å². The second-order valence-electron chi connectivity index (χ2n) is 5.55. The summed E-state index contributed by atoms with van der Waals surface area (Å²) < 4.78 is 5.28. The molecule has 0 saturated carbocycles. The Bertz CT molecular complexity index is 798. The molecule has 0 bridgehead atoms. The van der Waals surface area contributed by atoms with Gasteiger partial charge in [0.2, 0.25) is 5.91 Å². The number of thioether (sulfide) groups is 1. The number of aryl methyl sites for hydroxylation is 1. The number of amides is 1. The number of benzene rings is 1. The normalized spacial score (nSPS) is 10.8. The van der Waals surface area contributed by atoms with E-state index in [0.717, 1.165) is 38.4 Å². The Balaban J connectivity index is 1.44. The first-order valence-corrected chi connectivity index (χ1v) is 10.1. The maximum absolute atomic E-state index is 12.1. The Hall–Kier alpha value is -2.05. The number of furan rings is 1. The van der Waals surface area contributed by atoms with Gasteiger partial charge in [-0.05, 0) is 19.1 Å². The van der Waals surface area contributed by atoms with E-state index in [1.54, 1.807) is 29.4 Å². The molecule has 1 N–H and O–H groups in total. The van der Waals surface area contributed by atoms with Crippen LogP contribution in [0.15, 0.2) is 53.1 Å². The van der Waals surface area contributed by atoms with E-state index in [1.807, 2.05) is 49.4 Å². The molecule has 1 aromatic carbocycles. The topological polar surface area (TPSA) is 55.1 Å². The zero-order valence-electron chi connectivity index (χ0n) is 14.0. The number of hydrogen-bond donors (Lipinski definition) is 1.